The average molecular weight is 505 g/mol. The predicted molar refractivity (Wildman–Crippen MR) is 126 cm³/mol. The fourth-order valence-corrected chi connectivity index (χ4v) is 5.54. The number of nitrogens with one attached hydrogen (secondary N) is 1. The molecule has 6 rings (SSSR count). The fraction of sp³-hybridized carbons (Fsp3) is 0.560. The van der Waals surface area contributed by atoms with Gasteiger partial charge in [-0.15, -0.1) is 0 Å². The number of halogens is 4. The smallest absolute Gasteiger partial charge is 0.272 e. The minimum absolute atomic E-state index is 0.0782. The van der Waals surface area contributed by atoms with Gasteiger partial charge in [-0.25, -0.2) is 27.5 Å². The van der Waals surface area contributed by atoms with Gasteiger partial charge in [-0.2, -0.15) is 5.10 Å². The van der Waals surface area contributed by atoms with Crippen molar-refractivity contribution in [2.24, 2.45) is 0 Å². The number of hydrogen-bond acceptors (Lipinski definition) is 6. The highest BCUT2D eigenvalue weighted by Crippen LogP contribution is 2.53. The molecule has 7 nitrogen and oxygen atoms in total. The highest BCUT2D eigenvalue weighted by Gasteiger charge is 2.59. The van der Waals surface area contributed by atoms with Crippen molar-refractivity contribution in [1.29, 1.82) is 0 Å². The molecule has 3 unspecified atom stereocenters. The van der Waals surface area contributed by atoms with E-state index >= 15 is 4.39 Å². The summed E-state index contributed by atoms with van der Waals surface area (Å²) in [5.74, 6) is -2.72. The number of fused-ring (bicyclic) bond motifs is 1. The third-order valence-electron chi connectivity index (χ3n) is 7.77. The summed E-state index contributed by atoms with van der Waals surface area (Å²) in [7, 11) is 0. The van der Waals surface area contributed by atoms with Crippen molar-refractivity contribution in [2.45, 2.75) is 63.0 Å². The van der Waals surface area contributed by atoms with Crippen molar-refractivity contribution in [2.75, 3.05) is 31.6 Å². The first-order chi connectivity index (χ1) is 17.2. The molecule has 0 amide bonds. The summed E-state index contributed by atoms with van der Waals surface area (Å²) >= 11 is 0. The normalized spacial score (nSPS) is 30.1. The minimum atomic E-state index is -2.72. The maximum Gasteiger partial charge on any atom is 0.272 e. The Morgan fingerprint density at radius 1 is 1.11 bits per heavy atom. The van der Waals surface area contributed by atoms with E-state index in [4.69, 9.17) is 4.74 Å². The van der Waals surface area contributed by atoms with Gasteiger partial charge in [0.15, 0.2) is 0 Å². The summed E-state index contributed by atoms with van der Waals surface area (Å²) in [6, 6.07) is 2.58. The molecule has 4 heterocycles. The third-order valence-corrected chi connectivity index (χ3v) is 7.77. The van der Waals surface area contributed by atoms with E-state index in [-0.39, 0.29) is 31.5 Å². The Balaban J connectivity index is 1.22. The summed E-state index contributed by atoms with van der Waals surface area (Å²) < 4.78 is 63.0. The van der Waals surface area contributed by atoms with E-state index in [1.165, 1.54) is 10.9 Å². The van der Waals surface area contributed by atoms with Crippen LogP contribution in [0.15, 0.2) is 24.5 Å². The first kappa shape index (κ1) is 23.6. The van der Waals surface area contributed by atoms with Crippen LogP contribution in [0.1, 0.15) is 41.6 Å². The van der Waals surface area contributed by atoms with Gasteiger partial charge in [0, 0.05) is 30.5 Å². The number of anilines is 2. The van der Waals surface area contributed by atoms with E-state index in [2.05, 4.69) is 20.4 Å². The number of aryl methyl sites for hydroxylation is 1. The lowest BCUT2D eigenvalue weighted by Gasteiger charge is -2.38. The van der Waals surface area contributed by atoms with Crippen molar-refractivity contribution in [3.63, 3.8) is 0 Å². The lowest BCUT2D eigenvalue weighted by atomic mass is 9.84. The number of alkyl halides is 4. The Hall–Kier alpha value is -2.79. The summed E-state index contributed by atoms with van der Waals surface area (Å²) in [6.45, 7) is 4.85. The lowest BCUT2D eigenvalue weighted by molar-refractivity contribution is 0.0581. The van der Waals surface area contributed by atoms with Gasteiger partial charge in [-0.1, -0.05) is 0 Å². The predicted octanol–water partition coefficient (Wildman–Crippen LogP) is 4.63. The number of ether oxygens (including phenoxy) is 1. The molecule has 1 aromatic carbocycles. The van der Waals surface area contributed by atoms with Crippen LogP contribution in [0.2, 0.25) is 0 Å². The Bertz CT molecular complexity index is 1300. The van der Waals surface area contributed by atoms with Crippen molar-refractivity contribution >= 4 is 22.5 Å². The second kappa shape index (κ2) is 8.65. The van der Waals surface area contributed by atoms with Crippen molar-refractivity contribution in [1.82, 2.24) is 24.6 Å². The van der Waals surface area contributed by atoms with Crippen LogP contribution in [0.25, 0.3) is 10.9 Å². The molecule has 2 saturated heterocycles. The van der Waals surface area contributed by atoms with Crippen LogP contribution in [0.3, 0.4) is 0 Å². The summed E-state index contributed by atoms with van der Waals surface area (Å²) in [5, 5.41) is 8.01. The monoisotopic (exact) mass is 504 g/mol. The maximum atomic E-state index is 15.4. The van der Waals surface area contributed by atoms with E-state index in [0.29, 0.717) is 42.4 Å². The van der Waals surface area contributed by atoms with Crippen LogP contribution in [0.5, 0.6) is 0 Å². The Kier molecular flexibility index (Phi) is 5.67. The molecular formula is C25H28F4N6O. The number of piperidine rings is 1. The molecule has 36 heavy (non-hydrogen) atoms. The van der Waals surface area contributed by atoms with Crippen LogP contribution in [-0.2, 0) is 4.74 Å². The highest BCUT2D eigenvalue weighted by molar-refractivity contribution is 5.81. The molecule has 11 heteroatoms. The molecule has 0 bridgehead atoms. The first-order valence-corrected chi connectivity index (χ1v) is 12.3. The Morgan fingerprint density at radius 2 is 1.92 bits per heavy atom. The topological polar surface area (TPSA) is 68.1 Å². The molecule has 0 spiro atoms. The zero-order valence-electron chi connectivity index (χ0n) is 20.1. The average Bonchev–Trinajstić information content (AvgIpc) is 3.12. The molecule has 2 aliphatic heterocycles. The second-order valence-electron chi connectivity index (χ2n) is 10.2. The number of likely N-dealkylation sites (tertiary alicyclic amines) is 1. The van der Waals surface area contributed by atoms with E-state index in [0.717, 1.165) is 16.5 Å². The highest BCUT2D eigenvalue weighted by atomic mass is 19.3. The summed E-state index contributed by atoms with van der Waals surface area (Å²) in [4.78, 5) is 10.9. The molecule has 0 radical (unpaired) electrons. The number of rotatable bonds is 5. The van der Waals surface area contributed by atoms with Gasteiger partial charge in [0.25, 0.3) is 5.92 Å². The zero-order valence-corrected chi connectivity index (χ0v) is 20.1. The number of benzene rings is 1. The molecule has 2 aromatic heterocycles. The molecule has 1 aliphatic carbocycles. The largest absolute Gasteiger partial charge is 0.377 e. The first-order valence-electron chi connectivity index (χ1n) is 12.3. The molecule has 5 atom stereocenters. The maximum absolute atomic E-state index is 15.4. The lowest BCUT2D eigenvalue weighted by Crippen LogP contribution is -2.49. The summed E-state index contributed by atoms with van der Waals surface area (Å²) in [5.41, 5.74) is 3.65. The SMILES string of the molecule is Cc1cc2cnc(Nc3cnn(C4CC4(F)F)c3C)nc2cc1[C@@H]1CCN(C2COCC2F)C[C@H]1F. The molecule has 3 aromatic rings. The Morgan fingerprint density at radius 3 is 2.61 bits per heavy atom. The van der Waals surface area contributed by atoms with E-state index in [9.17, 15) is 13.2 Å². The van der Waals surface area contributed by atoms with Gasteiger partial charge in [-0.3, -0.25) is 9.58 Å². The van der Waals surface area contributed by atoms with E-state index in [1.807, 2.05) is 24.0 Å². The zero-order chi connectivity index (χ0) is 25.2. The Labute approximate surface area is 205 Å². The number of hydrogen-bond donors (Lipinski definition) is 1. The van der Waals surface area contributed by atoms with Crippen molar-refractivity contribution < 1.29 is 22.3 Å². The molecular weight excluding hydrogens is 476 g/mol. The second-order valence-corrected chi connectivity index (χ2v) is 10.2. The molecule has 192 valence electrons. The molecule has 1 N–H and O–H groups in total. The fourth-order valence-electron chi connectivity index (χ4n) is 5.54. The van der Waals surface area contributed by atoms with Gasteiger partial charge in [0.05, 0.1) is 42.4 Å². The van der Waals surface area contributed by atoms with Crippen LogP contribution < -0.4 is 5.32 Å². The van der Waals surface area contributed by atoms with E-state index < -0.39 is 24.3 Å². The van der Waals surface area contributed by atoms with Gasteiger partial charge in [-0.05, 0) is 50.1 Å². The van der Waals surface area contributed by atoms with Crippen LogP contribution in [0, 0.1) is 13.8 Å². The standard InChI is InChI=1S/C25H28F4N6O/c1-13-5-15-8-30-24(33-21-9-31-35(14(21)2)23-7-25(23,28)29)32-20(15)6-17(13)16-3-4-34(10-18(16)26)22-12-36-11-19(22)27/h5-6,8-9,16,18-19,22-23H,3-4,7,10-12H2,1-2H3,(H,30,32,33)/t16-,18+,19?,22?,23?/m0/s1. The van der Waals surface area contributed by atoms with Crippen molar-refractivity contribution in [3.05, 3.63) is 41.3 Å². The van der Waals surface area contributed by atoms with E-state index in [1.54, 1.807) is 13.1 Å². The minimum Gasteiger partial charge on any atom is -0.377 e. The van der Waals surface area contributed by atoms with Crippen LogP contribution in [-0.4, -0.2) is 75.3 Å². The summed E-state index contributed by atoms with van der Waals surface area (Å²) in [6.07, 6.45) is 1.36. The third kappa shape index (κ3) is 4.11. The van der Waals surface area contributed by atoms with Crippen LogP contribution >= 0.6 is 0 Å². The number of nitrogens with zero attached hydrogens (tertiary/aromatic N) is 5. The van der Waals surface area contributed by atoms with Gasteiger partial charge >= 0.3 is 0 Å². The van der Waals surface area contributed by atoms with Gasteiger partial charge in [0.1, 0.15) is 18.4 Å². The van der Waals surface area contributed by atoms with Crippen molar-refractivity contribution in [3.8, 4) is 0 Å². The molecule has 3 fully saturated rings. The quantitative estimate of drug-likeness (QED) is 0.511. The van der Waals surface area contributed by atoms with Crippen LogP contribution in [0.4, 0.5) is 29.2 Å². The molecule has 3 aliphatic rings. The number of aromatic nitrogens is 4. The van der Waals surface area contributed by atoms with Gasteiger partial charge < -0.3 is 10.1 Å². The molecule has 1 saturated carbocycles. The van der Waals surface area contributed by atoms with Gasteiger partial charge in [0.2, 0.25) is 5.95 Å².